The van der Waals surface area contributed by atoms with Gasteiger partial charge in [0.2, 0.25) is 0 Å². The minimum atomic E-state index is 0.491. The van der Waals surface area contributed by atoms with Crippen molar-refractivity contribution in [1.82, 2.24) is 10.2 Å². The molecule has 0 aliphatic heterocycles. The average molecular weight is 282 g/mol. The van der Waals surface area contributed by atoms with Crippen LogP contribution in [0.3, 0.4) is 0 Å². The molecule has 1 aromatic heterocycles. The lowest BCUT2D eigenvalue weighted by Gasteiger charge is -2.35. The van der Waals surface area contributed by atoms with Gasteiger partial charge in [-0.25, -0.2) is 0 Å². The molecule has 4 heteroatoms. The molecule has 1 unspecified atom stereocenters. The van der Waals surface area contributed by atoms with E-state index < -0.39 is 0 Å². The van der Waals surface area contributed by atoms with Crippen LogP contribution in [-0.4, -0.2) is 43.8 Å². The third-order valence-electron chi connectivity index (χ3n) is 3.85. The number of ether oxygens (including phenoxy) is 1. The van der Waals surface area contributed by atoms with E-state index >= 15 is 0 Å². The summed E-state index contributed by atoms with van der Waals surface area (Å²) in [6.07, 6.45) is 4.08. The Morgan fingerprint density at radius 2 is 2.10 bits per heavy atom. The Hall–Kier alpha value is -0.840. The van der Waals surface area contributed by atoms with Crippen LogP contribution in [0.4, 0.5) is 0 Å². The molecule has 0 amide bonds. The van der Waals surface area contributed by atoms with E-state index in [0.29, 0.717) is 12.1 Å². The molecule has 1 heterocycles. The molecule has 0 spiro atoms. The molecule has 0 aromatic carbocycles. The highest BCUT2D eigenvalue weighted by atomic mass is 16.5. The molecule has 1 N–H and O–H groups in total. The molecule has 4 nitrogen and oxygen atoms in total. The third kappa shape index (κ3) is 5.65. The molecule has 1 rings (SSSR count). The Morgan fingerprint density at radius 3 is 2.65 bits per heavy atom. The van der Waals surface area contributed by atoms with Gasteiger partial charge in [-0.15, -0.1) is 0 Å². The topological polar surface area (TPSA) is 37.6 Å². The summed E-state index contributed by atoms with van der Waals surface area (Å²) in [5.41, 5.74) is 0. The first-order valence-electron chi connectivity index (χ1n) is 7.70. The monoisotopic (exact) mass is 282 g/mol. The quantitative estimate of drug-likeness (QED) is 0.677. The highest BCUT2D eigenvalue weighted by Gasteiger charge is 2.20. The number of rotatable bonds is 11. The van der Waals surface area contributed by atoms with Gasteiger partial charge in [0.15, 0.2) is 0 Å². The van der Waals surface area contributed by atoms with E-state index in [4.69, 9.17) is 9.15 Å². The molecule has 0 radical (unpaired) electrons. The van der Waals surface area contributed by atoms with Gasteiger partial charge in [0.1, 0.15) is 5.76 Å². The second kappa shape index (κ2) is 9.97. The third-order valence-corrected chi connectivity index (χ3v) is 3.85. The molecule has 0 saturated heterocycles. The van der Waals surface area contributed by atoms with Crippen LogP contribution in [0.2, 0.25) is 0 Å². The first kappa shape index (κ1) is 17.2. The van der Waals surface area contributed by atoms with E-state index in [9.17, 15) is 0 Å². The van der Waals surface area contributed by atoms with Gasteiger partial charge in [-0.1, -0.05) is 13.8 Å². The smallest absolute Gasteiger partial charge is 0.117 e. The van der Waals surface area contributed by atoms with E-state index in [1.165, 1.54) is 12.8 Å². The van der Waals surface area contributed by atoms with Gasteiger partial charge < -0.3 is 14.5 Å². The molecule has 0 aliphatic rings. The number of hydrogen-bond acceptors (Lipinski definition) is 4. The summed E-state index contributed by atoms with van der Waals surface area (Å²) in [4.78, 5) is 2.55. The molecule has 116 valence electrons. The number of nitrogens with one attached hydrogen (secondary N) is 1. The molecule has 0 saturated carbocycles. The van der Waals surface area contributed by atoms with Gasteiger partial charge in [-0.3, -0.25) is 4.90 Å². The van der Waals surface area contributed by atoms with E-state index in [0.717, 1.165) is 32.0 Å². The summed E-state index contributed by atoms with van der Waals surface area (Å²) < 4.78 is 10.6. The van der Waals surface area contributed by atoms with Gasteiger partial charge in [0.05, 0.1) is 19.4 Å². The Morgan fingerprint density at radius 1 is 1.35 bits per heavy atom. The number of hydrogen-bond donors (Lipinski definition) is 1. The van der Waals surface area contributed by atoms with Crippen molar-refractivity contribution in [2.45, 2.75) is 52.2 Å². The zero-order valence-corrected chi connectivity index (χ0v) is 13.4. The highest BCUT2D eigenvalue weighted by Crippen LogP contribution is 2.12. The molecule has 0 fully saturated rings. The van der Waals surface area contributed by atoms with Crippen molar-refractivity contribution in [3.05, 3.63) is 24.2 Å². The van der Waals surface area contributed by atoms with Crippen LogP contribution in [-0.2, 0) is 11.3 Å². The van der Waals surface area contributed by atoms with Crippen molar-refractivity contribution in [1.29, 1.82) is 0 Å². The summed E-state index contributed by atoms with van der Waals surface area (Å²) >= 11 is 0. The first-order chi connectivity index (χ1) is 9.72. The maximum absolute atomic E-state index is 5.33. The molecular weight excluding hydrogens is 252 g/mol. The summed E-state index contributed by atoms with van der Waals surface area (Å²) in [6.45, 7) is 10.3. The standard InChI is InChI=1S/C16H30N2O2/c1-5-15(6-2)18(9-11-19-4)14(3)12-17-13-16-8-7-10-20-16/h7-8,10,14-15,17H,5-6,9,11-13H2,1-4H3. The normalized spacial score (nSPS) is 13.3. The van der Waals surface area contributed by atoms with Crippen molar-refractivity contribution < 1.29 is 9.15 Å². The SMILES string of the molecule is CCC(CC)N(CCOC)C(C)CNCc1ccco1. The van der Waals surface area contributed by atoms with Gasteiger partial charge in [-0.2, -0.15) is 0 Å². The molecule has 0 bridgehead atoms. The predicted octanol–water partition coefficient (Wildman–Crippen LogP) is 2.89. The molecular formula is C16H30N2O2. The van der Waals surface area contributed by atoms with Crippen molar-refractivity contribution in [3.8, 4) is 0 Å². The maximum Gasteiger partial charge on any atom is 0.117 e. The largest absolute Gasteiger partial charge is 0.468 e. The number of nitrogens with zero attached hydrogens (tertiary/aromatic N) is 1. The zero-order chi connectivity index (χ0) is 14.8. The summed E-state index contributed by atoms with van der Waals surface area (Å²) in [7, 11) is 1.77. The highest BCUT2D eigenvalue weighted by molar-refractivity contribution is 4.97. The fraction of sp³-hybridized carbons (Fsp3) is 0.750. The van der Waals surface area contributed by atoms with Crippen molar-refractivity contribution in [3.63, 3.8) is 0 Å². The molecule has 1 atom stereocenters. The Balaban J connectivity index is 2.42. The average Bonchev–Trinajstić information content (AvgIpc) is 2.96. The van der Waals surface area contributed by atoms with Crippen LogP contribution < -0.4 is 5.32 Å². The van der Waals surface area contributed by atoms with Crippen LogP contribution in [0.1, 0.15) is 39.4 Å². The van der Waals surface area contributed by atoms with Crippen molar-refractivity contribution >= 4 is 0 Å². The number of furan rings is 1. The summed E-state index contributed by atoms with van der Waals surface area (Å²) in [6, 6.07) is 5.05. The maximum atomic E-state index is 5.33. The second-order valence-corrected chi connectivity index (χ2v) is 5.26. The van der Waals surface area contributed by atoms with E-state index in [1.54, 1.807) is 13.4 Å². The lowest BCUT2D eigenvalue weighted by Crippen LogP contribution is -2.47. The van der Waals surface area contributed by atoms with Gasteiger partial charge >= 0.3 is 0 Å². The van der Waals surface area contributed by atoms with Crippen molar-refractivity contribution in [2.24, 2.45) is 0 Å². The number of methoxy groups -OCH3 is 1. The van der Waals surface area contributed by atoms with Crippen LogP contribution in [0.5, 0.6) is 0 Å². The fourth-order valence-corrected chi connectivity index (χ4v) is 2.65. The zero-order valence-electron chi connectivity index (χ0n) is 13.4. The second-order valence-electron chi connectivity index (χ2n) is 5.26. The summed E-state index contributed by atoms with van der Waals surface area (Å²) in [5, 5.41) is 3.47. The molecule has 20 heavy (non-hydrogen) atoms. The minimum Gasteiger partial charge on any atom is -0.468 e. The predicted molar refractivity (Wildman–Crippen MR) is 82.8 cm³/mol. The van der Waals surface area contributed by atoms with E-state index in [2.05, 4.69) is 31.0 Å². The Labute approximate surface area is 123 Å². The fourth-order valence-electron chi connectivity index (χ4n) is 2.65. The minimum absolute atomic E-state index is 0.491. The van der Waals surface area contributed by atoms with Crippen LogP contribution in [0, 0.1) is 0 Å². The van der Waals surface area contributed by atoms with Crippen LogP contribution in [0.25, 0.3) is 0 Å². The Kier molecular flexibility index (Phi) is 8.58. The van der Waals surface area contributed by atoms with E-state index in [1.807, 2.05) is 12.1 Å². The van der Waals surface area contributed by atoms with Crippen LogP contribution >= 0.6 is 0 Å². The van der Waals surface area contributed by atoms with Gasteiger partial charge in [0.25, 0.3) is 0 Å². The first-order valence-corrected chi connectivity index (χ1v) is 7.70. The van der Waals surface area contributed by atoms with Gasteiger partial charge in [-0.05, 0) is 31.9 Å². The van der Waals surface area contributed by atoms with Crippen LogP contribution in [0.15, 0.2) is 22.8 Å². The van der Waals surface area contributed by atoms with Gasteiger partial charge in [0, 0.05) is 32.3 Å². The Bertz CT molecular complexity index is 323. The lowest BCUT2D eigenvalue weighted by molar-refractivity contribution is 0.0848. The summed E-state index contributed by atoms with van der Waals surface area (Å²) in [5.74, 6) is 0.989. The molecule has 1 aromatic rings. The van der Waals surface area contributed by atoms with Crippen molar-refractivity contribution in [2.75, 3.05) is 26.8 Å². The van der Waals surface area contributed by atoms with E-state index in [-0.39, 0.29) is 0 Å². The lowest BCUT2D eigenvalue weighted by atomic mass is 10.1. The molecule has 0 aliphatic carbocycles.